The molecule has 1 saturated heterocycles. The number of carbonyl (C=O) groups excluding carboxylic acids is 1. The van der Waals surface area contributed by atoms with Crippen LogP contribution >= 0.6 is 0 Å². The SMILES string of the molecule is Cc1ccc(NC(=O)C2CCNC(C)C2)c([N+](=O)[O-])c1. The first-order chi connectivity index (χ1) is 9.47. The van der Waals surface area contributed by atoms with Gasteiger partial charge in [-0.3, -0.25) is 14.9 Å². The number of benzene rings is 1. The van der Waals surface area contributed by atoms with Gasteiger partial charge in [0.1, 0.15) is 5.69 Å². The van der Waals surface area contributed by atoms with Crippen LogP contribution in [0, 0.1) is 23.0 Å². The number of carbonyl (C=O) groups is 1. The van der Waals surface area contributed by atoms with Crippen LogP contribution < -0.4 is 10.6 Å². The lowest BCUT2D eigenvalue weighted by atomic mass is 9.92. The second kappa shape index (κ2) is 6.00. The van der Waals surface area contributed by atoms with Crippen molar-refractivity contribution in [2.45, 2.75) is 32.7 Å². The van der Waals surface area contributed by atoms with E-state index in [2.05, 4.69) is 10.6 Å². The summed E-state index contributed by atoms with van der Waals surface area (Å²) in [7, 11) is 0. The normalized spacial score (nSPS) is 22.3. The molecule has 0 saturated carbocycles. The number of hydrogen-bond donors (Lipinski definition) is 2. The van der Waals surface area contributed by atoms with Crippen molar-refractivity contribution in [3.05, 3.63) is 33.9 Å². The van der Waals surface area contributed by atoms with Crippen molar-refractivity contribution in [3.63, 3.8) is 0 Å². The third kappa shape index (κ3) is 3.33. The largest absolute Gasteiger partial charge is 0.320 e. The van der Waals surface area contributed by atoms with Crippen molar-refractivity contribution >= 4 is 17.3 Å². The van der Waals surface area contributed by atoms with E-state index in [-0.39, 0.29) is 23.2 Å². The summed E-state index contributed by atoms with van der Waals surface area (Å²) in [6.45, 7) is 4.62. The molecule has 0 bridgehead atoms. The number of piperidine rings is 1. The molecule has 1 aromatic carbocycles. The molecule has 0 aliphatic carbocycles. The van der Waals surface area contributed by atoms with Crippen molar-refractivity contribution < 1.29 is 9.72 Å². The number of anilines is 1. The van der Waals surface area contributed by atoms with Crippen molar-refractivity contribution in [2.75, 3.05) is 11.9 Å². The number of nitro benzene ring substituents is 1. The van der Waals surface area contributed by atoms with Gasteiger partial charge in [0, 0.05) is 18.0 Å². The summed E-state index contributed by atoms with van der Waals surface area (Å²) in [6, 6.07) is 5.12. The Hall–Kier alpha value is -1.95. The second-order valence-corrected chi connectivity index (χ2v) is 5.34. The zero-order valence-corrected chi connectivity index (χ0v) is 11.7. The molecule has 6 nitrogen and oxygen atoms in total. The van der Waals surface area contributed by atoms with Gasteiger partial charge in [-0.15, -0.1) is 0 Å². The fourth-order valence-electron chi connectivity index (χ4n) is 2.50. The van der Waals surface area contributed by atoms with Gasteiger partial charge in [-0.25, -0.2) is 0 Å². The highest BCUT2D eigenvalue weighted by molar-refractivity contribution is 5.94. The third-order valence-corrected chi connectivity index (χ3v) is 3.60. The number of rotatable bonds is 3. The average Bonchev–Trinajstić information content (AvgIpc) is 2.40. The lowest BCUT2D eigenvalue weighted by molar-refractivity contribution is -0.384. The Balaban J connectivity index is 2.13. The molecule has 0 radical (unpaired) electrons. The zero-order chi connectivity index (χ0) is 14.7. The van der Waals surface area contributed by atoms with Crippen LogP contribution in [0.5, 0.6) is 0 Å². The standard InChI is InChI=1S/C14H19N3O3/c1-9-3-4-12(13(7-9)17(19)20)16-14(18)11-5-6-15-10(2)8-11/h3-4,7,10-11,15H,5-6,8H2,1-2H3,(H,16,18). The minimum atomic E-state index is -0.465. The number of nitrogens with zero attached hydrogens (tertiary/aromatic N) is 1. The van der Waals surface area contributed by atoms with Crippen molar-refractivity contribution in [1.82, 2.24) is 5.32 Å². The molecule has 1 amide bonds. The van der Waals surface area contributed by atoms with Gasteiger partial charge in [0.15, 0.2) is 0 Å². The summed E-state index contributed by atoms with van der Waals surface area (Å²) in [6.07, 6.45) is 1.52. The van der Waals surface area contributed by atoms with Gasteiger partial charge < -0.3 is 10.6 Å². The molecule has 0 spiro atoms. The molecule has 20 heavy (non-hydrogen) atoms. The molecule has 1 aromatic rings. The molecule has 1 fully saturated rings. The van der Waals surface area contributed by atoms with Crippen LogP contribution in [-0.2, 0) is 4.79 Å². The molecular formula is C14H19N3O3. The first kappa shape index (κ1) is 14.5. The number of nitro groups is 1. The Morgan fingerprint density at radius 2 is 2.25 bits per heavy atom. The van der Waals surface area contributed by atoms with Crippen LogP contribution in [0.2, 0.25) is 0 Å². The van der Waals surface area contributed by atoms with Crippen LogP contribution in [0.15, 0.2) is 18.2 Å². The zero-order valence-electron chi connectivity index (χ0n) is 11.7. The molecule has 108 valence electrons. The van der Waals surface area contributed by atoms with Crippen molar-refractivity contribution in [1.29, 1.82) is 0 Å². The molecule has 0 aromatic heterocycles. The first-order valence-corrected chi connectivity index (χ1v) is 6.76. The topological polar surface area (TPSA) is 84.3 Å². The Labute approximate surface area is 117 Å². The van der Waals surface area contributed by atoms with Crippen molar-refractivity contribution in [2.24, 2.45) is 5.92 Å². The molecule has 2 N–H and O–H groups in total. The Morgan fingerprint density at radius 3 is 2.90 bits per heavy atom. The number of hydrogen-bond acceptors (Lipinski definition) is 4. The van der Waals surface area contributed by atoms with Crippen LogP contribution in [-0.4, -0.2) is 23.4 Å². The van der Waals surface area contributed by atoms with Gasteiger partial charge in [-0.2, -0.15) is 0 Å². The van der Waals surface area contributed by atoms with Gasteiger partial charge in [-0.1, -0.05) is 6.07 Å². The highest BCUT2D eigenvalue weighted by atomic mass is 16.6. The van der Waals surface area contributed by atoms with Crippen LogP contribution in [0.4, 0.5) is 11.4 Å². The van der Waals surface area contributed by atoms with E-state index in [9.17, 15) is 14.9 Å². The molecule has 1 heterocycles. The molecule has 2 atom stereocenters. The lowest BCUT2D eigenvalue weighted by Crippen LogP contribution is -2.40. The Morgan fingerprint density at radius 1 is 1.50 bits per heavy atom. The fourth-order valence-corrected chi connectivity index (χ4v) is 2.50. The fraction of sp³-hybridized carbons (Fsp3) is 0.500. The quantitative estimate of drug-likeness (QED) is 0.655. The Bertz CT molecular complexity index is 530. The van der Waals surface area contributed by atoms with E-state index in [1.165, 1.54) is 6.07 Å². The maximum atomic E-state index is 12.2. The number of amides is 1. The molecule has 1 aliphatic rings. The monoisotopic (exact) mass is 277 g/mol. The van der Waals surface area contributed by atoms with Crippen LogP contribution in [0.1, 0.15) is 25.3 Å². The molecule has 6 heteroatoms. The number of nitrogens with one attached hydrogen (secondary N) is 2. The molecule has 2 rings (SSSR count). The van der Waals surface area contributed by atoms with Crippen LogP contribution in [0.3, 0.4) is 0 Å². The van der Waals surface area contributed by atoms with E-state index < -0.39 is 4.92 Å². The minimum Gasteiger partial charge on any atom is -0.320 e. The van der Waals surface area contributed by atoms with Crippen molar-refractivity contribution in [3.8, 4) is 0 Å². The van der Waals surface area contributed by atoms with E-state index in [0.29, 0.717) is 6.04 Å². The van der Waals surface area contributed by atoms with Gasteiger partial charge in [-0.05, 0) is 44.9 Å². The highest BCUT2D eigenvalue weighted by Gasteiger charge is 2.26. The van der Waals surface area contributed by atoms with Gasteiger partial charge >= 0.3 is 0 Å². The van der Waals surface area contributed by atoms with Gasteiger partial charge in [0.25, 0.3) is 5.69 Å². The predicted octanol–water partition coefficient (Wildman–Crippen LogP) is 2.23. The van der Waals surface area contributed by atoms with Gasteiger partial charge in [0.05, 0.1) is 4.92 Å². The highest BCUT2D eigenvalue weighted by Crippen LogP contribution is 2.27. The summed E-state index contributed by atoms with van der Waals surface area (Å²) >= 11 is 0. The van der Waals surface area contributed by atoms with E-state index in [1.807, 2.05) is 6.92 Å². The predicted molar refractivity (Wildman–Crippen MR) is 76.7 cm³/mol. The third-order valence-electron chi connectivity index (χ3n) is 3.60. The number of aryl methyl sites for hydroxylation is 1. The first-order valence-electron chi connectivity index (χ1n) is 6.76. The smallest absolute Gasteiger partial charge is 0.293 e. The van der Waals surface area contributed by atoms with E-state index in [4.69, 9.17) is 0 Å². The summed E-state index contributed by atoms with van der Waals surface area (Å²) in [5.41, 5.74) is 1.02. The lowest BCUT2D eigenvalue weighted by Gasteiger charge is -2.27. The Kier molecular flexibility index (Phi) is 4.34. The van der Waals surface area contributed by atoms with E-state index in [1.54, 1.807) is 19.1 Å². The molecule has 2 unspecified atom stereocenters. The minimum absolute atomic E-state index is 0.0552. The van der Waals surface area contributed by atoms with E-state index in [0.717, 1.165) is 24.9 Å². The maximum absolute atomic E-state index is 12.2. The van der Waals surface area contributed by atoms with Gasteiger partial charge in [0.2, 0.25) is 5.91 Å². The summed E-state index contributed by atoms with van der Waals surface area (Å²) in [4.78, 5) is 22.8. The molecular weight excluding hydrogens is 258 g/mol. The summed E-state index contributed by atoms with van der Waals surface area (Å²) in [5.74, 6) is -0.225. The van der Waals surface area contributed by atoms with Crippen LogP contribution in [0.25, 0.3) is 0 Å². The average molecular weight is 277 g/mol. The molecule has 1 aliphatic heterocycles. The summed E-state index contributed by atoms with van der Waals surface area (Å²) in [5, 5.41) is 17.0. The summed E-state index contributed by atoms with van der Waals surface area (Å²) < 4.78 is 0. The second-order valence-electron chi connectivity index (χ2n) is 5.34. The maximum Gasteiger partial charge on any atom is 0.293 e. The van der Waals surface area contributed by atoms with E-state index >= 15 is 0 Å².